The molecule has 0 fully saturated rings. The monoisotopic (exact) mass is 286 g/mol. The molecular formula is C16H22N4O. The molecule has 0 saturated heterocycles. The van der Waals surface area contributed by atoms with Crippen molar-refractivity contribution in [2.75, 3.05) is 19.0 Å². The number of anilines is 1. The summed E-state index contributed by atoms with van der Waals surface area (Å²) in [5.41, 5.74) is 2.25. The van der Waals surface area contributed by atoms with Crippen molar-refractivity contribution in [1.82, 2.24) is 15.0 Å². The first-order valence-electron chi connectivity index (χ1n) is 7.31. The van der Waals surface area contributed by atoms with E-state index in [9.17, 15) is 0 Å². The highest BCUT2D eigenvalue weighted by Crippen LogP contribution is 2.22. The molecule has 5 nitrogen and oxygen atoms in total. The van der Waals surface area contributed by atoms with Crippen LogP contribution in [0.4, 0.5) is 5.95 Å². The zero-order valence-corrected chi connectivity index (χ0v) is 13.1. The summed E-state index contributed by atoms with van der Waals surface area (Å²) in [6.45, 7) is 6.99. The van der Waals surface area contributed by atoms with Crippen molar-refractivity contribution >= 4 is 5.95 Å². The zero-order valence-electron chi connectivity index (χ0n) is 13.1. The van der Waals surface area contributed by atoms with E-state index in [1.54, 1.807) is 7.05 Å². The minimum atomic E-state index is 0.360. The Morgan fingerprint density at radius 1 is 1.10 bits per heavy atom. The summed E-state index contributed by atoms with van der Waals surface area (Å²) in [5.74, 6) is 1.64. The van der Waals surface area contributed by atoms with Crippen molar-refractivity contribution < 1.29 is 4.74 Å². The quantitative estimate of drug-likeness (QED) is 0.880. The highest BCUT2D eigenvalue weighted by atomic mass is 16.5. The van der Waals surface area contributed by atoms with Gasteiger partial charge in [0, 0.05) is 12.6 Å². The highest BCUT2D eigenvalue weighted by Gasteiger charge is 2.09. The van der Waals surface area contributed by atoms with Crippen LogP contribution >= 0.6 is 0 Å². The van der Waals surface area contributed by atoms with Gasteiger partial charge < -0.3 is 10.1 Å². The number of ether oxygens (including phenoxy) is 1. The number of rotatable bonds is 6. The third-order valence-electron chi connectivity index (χ3n) is 3.11. The van der Waals surface area contributed by atoms with Crippen LogP contribution in [-0.4, -0.2) is 28.6 Å². The Labute approximate surface area is 125 Å². The predicted molar refractivity (Wildman–Crippen MR) is 84.7 cm³/mol. The Kier molecular flexibility index (Phi) is 5.09. The molecule has 1 aromatic heterocycles. The summed E-state index contributed by atoms with van der Waals surface area (Å²) in [5, 5.41) is 2.94. The average molecular weight is 286 g/mol. The summed E-state index contributed by atoms with van der Waals surface area (Å²) in [6, 6.07) is 8.64. The Balaban J connectivity index is 2.32. The molecule has 1 heterocycles. The van der Waals surface area contributed by atoms with Crippen LogP contribution in [0.2, 0.25) is 0 Å². The van der Waals surface area contributed by atoms with Gasteiger partial charge in [0.15, 0.2) is 5.82 Å². The van der Waals surface area contributed by atoms with Crippen molar-refractivity contribution in [1.29, 1.82) is 0 Å². The first-order chi connectivity index (χ1) is 10.1. The van der Waals surface area contributed by atoms with E-state index < -0.39 is 0 Å². The minimum Gasteiger partial charge on any atom is -0.463 e. The molecule has 0 aliphatic carbocycles. The lowest BCUT2D eigenvalue weighted by molar-refractivity contribution is 0.292. The smallest absolute Gasteiger partial charge is 0.321 e. The lowest BCUT2D eigenvalue weighted by atomic mass is 10.0. The number of hydrogen-bond acceptors (Lipinski definition) is 5. The second kappa shape index (κ2) is 7.02. The van der Waals surface area contributed by atoms with Crippen LogP contribution in [0.15, 0.2) is 24.3 Å². The molecule has 5 heteroatoms. The van der Waals surface area contributed by atoms with Crippen molar-refractivity contribution in [3.8, 4) is 17.4 Å². The average Bonchev–Trinajstić information content (AvgIpc) is 2.52. The van der Waals surface area contributed by atoms with Crippen molar-refractivity contribution in [2.24, 2.45) is 0 Å². The summed E-state index contributed by atoms with van der Waals surface area (Å²) in [6.07, 6.45) is 0.916. The van der Waals surface area contributed by atoms with E-state index >= 15 is 0 Å². The molecule has 0 atom stereocenters. The maximum Gasteiger partial charge on any atom is 0.321 e. The Morgan fingerprint density at radius 2 is 1.81 bits per heavy atom. The summed E-state index contributed by atoms with van der Waals surface area (Å²) in [7, 11) is 1.78. The molecule has 0 unspecified atom stereocenters. The fraction of sp³-hybridized carbons (Fsp3) is 0.438. The van der Waals surface area contributed by atoms with Gasteiger partial charge in [0.2, 0.25) is 5.95 Å². The first kappa shape index (κ1) is 15.2. The molecule has 1 aromatic carbocycles. The van der Waals surface area contributed by atoms with E-state index in [1.807, 2.05) is 19.1 Å². The summed E-state index contributed by atoms with van der Waals surface area (Å²) < 4.78 is 5.52. The van der Waals surface area contributed by atoms with Gasteiger partial charge >= 0.3 is 6.01 Å². The van der Waals surface area contributed by atoms with Gasteiger partial charge in [0.05, 0.1) is 6.61 Å². The summed E-state index contributed by atoms with van der Waals surface area (Å²) in [4.78, 5) is 13.0. The molecule has 2 aromatic rings. The second-order valence-corrected chi connectivity index (χ2v) is 5.14. The molecular weight excluding hydrogens is 264 g/mol. The number of nitrogens with one attached hydrogen (secondary N) is 1. The van der Waals surface area contributed by atoms with Crippen molar-refractivity contribution in [2.45, 2.75) is 33.1 Å². The highest BCUT2D eigenvalue weighted by molar-refractivity contribution is 5.57. The van der Waals surface area contributed by atoms with Gasteiger partial charge in [-0.05, 0) is 17.9 Å². The van der Waals surface area contributed by atoms with E-state index in [1.165, 1.54) is 5.56 Å². The van der Waals surface area contributed by atoms with Crippen LogP contribution in [0.1, 0.15) is 38.7 Å². The van der Waals surface area contributed by atoms with E-state index in [2.05, 4.69) is 46.2 Å². The van der Waals surface area contributed by atoms with Gasteiger partial charge in [-0.3, -0.25) is 0 Å². The minimum absolute atomic E-state index is 0.360. The maximum absolute atomic E-state index is 5.52. The molecule has 112 valence electrons. The van der Waals surface area contributed by atoms with Crippen LogP contribution in [-0.2, 0) is 0 Å². The normalized spacial score (nSPS) is 10.7. The van der Waals surface area contributed by atoms with Crippen LogP contribution in [0, 0.1) is 0 Å². The number of benzene rings is 1. The van der Waals surface area contributed by atoms with E-state index in [0.717, 1.165) is 12.0 Å². The van der Waals surface area contributed by atoms with Gasteiger partial charge in [0.25, 0.3) is 0 Å². The number of hydrogen-bond donors (Lipinski definition) is 1. The van der Waals surface area contributed by atoms with Crippen LogP contribution in [0.5, 0.6) is 6.01 Å². The van der Waals surface area contributed by atoms with Crippen molar-refractivity contribution in [3.05, 3.63) is 29.8 Å². The van der Waals surface area contributed by atoms with Crippen LogP contribution < -0.4 is 10.1 Å². The maximum atomic E-state index is 5.52. The fourth-order valence-corrected chi connectivity index (χ4v) is 1.87. The van der Waals surface area contributed by atoms with E-state index in [0.29, 0.717) is 30.3 Å². The lowest BCUT2D eigenvalue weighted by Gasteiger charge is -2.09. The van der Waals surface area contributed by atoms with Crippen LogP contribution in [0.25, 0.3) is 11.4 Å². The molecule has 21 heavy (non-hydrogen) atoms. The largest absolute Gasteiger partial charge is 0.463 e. The third kappa shape index (κ3) is 3.90. The lowest BCUT2D eigenvalue weighted by Crippen LogP contribution is -2.06. The first-order valence-corrected chi connectivity index (χ1v) is 7.31. The van der Waals surface area contributed by atoms with E-state index in [4.69, 9.17) is 4.74 Å². The summed E-state index contributed by atoms with van der Waals surface area (Å²) >= 11 is 0. The van der Waals surface area contributed by atoms with Gasteiger partial charge in [-0.25, -0.2) is 0 Å². The molecule has 0 spiro atoms. The number of aromatic nitrogens is 3. The molecule has 0 amide bonds. The van der Waals surface area contributed by atoms with Gasteiger partial charge in [0.1, 0.15) is 0 Å². The van der Waals surface area contributed by atoms with Gasteiger partial charge in [-0.15, -0.1) is 0 Å². The topological polar surface area (TPSA) is 59.9 Å². The molecule has 0 bridgehead atoms. The molecule has 1 N–H and O–H groups in total. The Bertz CT molecular complexity index is 581. The Morgan fingerprint density at radius 3 is 2.38 bits per heavy atom. The molecule has 2 rings (SSSR count). The Hall–Kier alpha value is -2.17. The fourth-order valence-electron chi connectivity index (χ4n) is 1.87. The van der Waals surface area contributed by atoms with E-state index in [-0.39, 0.29) is 0 Å². The SMILES string of the molecule is CCCOc1nc(NC)nc(-c2ccc(C(C)C)cc2)n1. The molecule has 0 saturated carbocycles. The molecule has 0 aliphatic rings. The zero-order chi connectivity index (χ0) is 15.2. The molecule has 0 radical (unpaired) electrons. The van der Waals surface area contributed by atoms with Gasteiger partial charge in [-0.2, -0.15) is 15.0 Å². The standard InChI is InChI=1S/C16H22N4O/c1-5-10-21-16-19-14(18-15(17-4)20-16)13-8-6-12(7-9-13)11(2)3/h6-9,11H,5,10H2,1-4H3,(H,17,18,19,20). The number of nitrogens with zero attached hydrogens (tertiary/aromatic N) is 3. The van der Waals surface area contributed by atoms with Crippen molar-refractivity contribution in [3.63, 3.8) is 0 Å². The third-order valence-corrected chi connectivity index (χ3v) is 3.11. The second-order valence-electron chi connectivity index (χ2n) is 5.14. The molecule has 0 aliphatic heterocycles. The predicted octanol–water partition coefficient (Wildman–Crippen LogP) is 3.49. The van der Waals surface area contributed by atoms with Crippen LogP contribution in [0.3, 0.4) is 0 Å². The van der Waals surface area contributed by atoms with Gasteiger partial charge in [-0.1, -0.05) is 45.0 Å².